The molecule has 0 radical (unpaired) electrons. The summed E-state index contributed by atoms with van der Waals surface area (Å²) in [6.07, 6.45) is 5.27. The van der Waals surface area contributed by atoms with Crippen LogP contribution < -0.4 is 4.90 Å². The van der Waals surface area contributed by atoms with Crippen LogP contribution in [0.2, 0.25) is 0 Å². The minimum Gasteiger partial charge on any atom is -0.479 e. The third-order valence-corrected chi connectivity index (χ3v) is 2.62. The van der Waals surface area contributed by atoms with Crippen molar-refractivity contribution in [2.75, 3.05) is 11.4 Å². The molecular formula is C13H13NO2. The van der Waals surface area contributed by atoms with E-state index < -0.39 is 12.0 Å². The molecule has 1 N–H and O–H groups in total. The molecule has 1 aliphatic rings. The average molecular weight is 215 g/mol. The largest absolute Gasteiger partial charge is 0.479 e. The van der Waals surface area contributed by atoms with Crippen molar-refractivity contribution in [2.45, 2.75) is 6.04 Å². The molecule has 3 nitrogen and oxygen atoms in total. The van der Waals surface area contributed by atoms with E-state index in [9.17, 15) is 4.79 Å². The van der Waals surface area contributed by atoms with Crippen molar-refractivity contribution in [2.24, 2.45) is 0 Å². The van der Waals surface area contributed by atoms with Gasteiger partial charge in [0.25, 0.3) is 0 Å². The highest BCUT2D eigenvalue weighted by atomic mass is 16.4. The van der Waals surface area contributed by atoms with Crippen LogP contribution in [-0.2, 0) is 4.79 Å². The van der Waals surface area contributed by atoms with Gasteiger partial charge in [-0.05, 0) is 11.6 Å². The van der Waals surface area contributed by atoms with Crippen LogP contribution in [0.1, 0.15) is 5.56 Å². The molecular weight excluding hydrogens is 202 g/mol. The number of aliphatic carboxylic acids is 1. The van der Waals surface area contributed by atoms with E-state index in [0.717, 1.165) is 11.3 Å². The van der Waals surface area contributed by atoms with Crippen molar-refractivity contribution in [3.63, 3.8) is 0 Å². The monoisotopic (exact) mass is 215 g/mol. The standard InChI is InChI=1S/C13H13NO2/c1-2-9-14-11-6-4-3-5-10(11)7-8-12(14)13(15)16/h2-8,12H,1,9H2,(H,15,16). The van der Waals surface area contributed by atoms with Crippen molar-refractivity contribution in [3.8, 4) is 0 Å². The van der Waals surface area contributed by atoms with Crippen LogP contribution in [0.15, 0.2) is 43.0 Å². The Hall–Kier alpha value is -2.03. The van der Waals surface area contributed by atoms with E-state index in [-0.39, 0.29) is 0 Å². The summed E-state index contributed by atoms with van der Waals surface area (Å²) in [5.41, 5.74) is 1.99. The molecule has 2 rings (SSSR count). The van der Waals surface area contributed by atoms with Gasteiger partial charge in [0.15, 0.2) is 0 Å². The number of hydrogen-bond donors (Lipinski definition) is 1. The molecule has 1 aromatic carbocycles. The van der Waals surface area contributed by atoms with E-state index >= 15 is 0 Å². The molecule has 1 atom stereocenters. The van der Waals surface area contributed by atoms with Gasteiger partial charge < -0.3 is 10.0 Å². The maximum Gasteiger partial charge on any atom is 0.330 e. The third kappa shape index (κ3) is 1.72. The number of anilines is 1. The number of para-hydroxylation sites is 1. The number of fused-ring (bicyclic) bond motifs is 1. The number of hydrogen-bond acceptors (Lipinski definition) is 2. The van der Waals surface area contributed by atoms with Crippen LogP contribution in [-0.4, -0.2) is 23.7 Å². The Bertz CT molecular complexity index is 451. The summed E-state index contributed by atoms with van der Waals surface area (Å²) in [4.78, 5) is 12.9. The van der Waals surface area contributed by atoms with Gasteiger partial charge in [-0.1, -0.05) is 36.4 Å². The molecule has 1 aromatic rings. The summed E-state index contributed by atoms with van der Waals surface area (Å²) in [5.74, 6) is -0.840. The Kier molecular flexibility index (Phi) is 2.77. The lowest BCUT2D eigenvalue weighted by molar-refractivity contribution is -0.137. The first kappa shape index (κ1) is 10.5. The summed E-state index contributed by atoms with van der Waals surface area (Å²) in [6.45, 7) is 4.19. The first-order valence-corrected chi connectivity index (χ1v) is 5.11. The summed E-state index contributed by atoms with van der Waals surface area (Å²) in [5, 5.41) is 9.13. The molecule has 3 heteroatoms. The lowest BCUT2D eigenvalue weighted by Crippen LogP contribution is -2.41. The van der Waals surface area contributed by atoms with E-state index in [2.05, 4.69) is 6.58 Å². The molecule has 82 valence electrons. The summed E-state index contributed by atoms with van der Waals surface area (Å²) < 4.78 is 0. The fourth-order valence-corrected chi connectivity index (χ4v) is 1.91. The van der Waals surface area contributed by atoms with Crippen LogP contribution in [0.4, 0.5) is 5.69 Å². The SMILES string of the molecule is C=CCN1c2ccccc2C=CC1C(=O)O. The molecule has 0 aromatic heterocycles. The van der Waals surface area contributed by atoms with Crippen LogP contribution in [0.3, 0.4) is 0 Å². The first-order valence-electron chi connectivity index (χ1n) is 5.11. The lowest BCUT2D eigenvalue weighted by Gasteiger charge is -2.32. The van der Waals surface area contributed by atoms with Crippen molar-refractivity contribution in [3.05, 3.63) is 48.6 Å². The predicted molar refractivity (Wildman–Crippen MR) is 64.4 cm³/mol. The fourth-order valence-electron chi connectivity index (χ4n) is 1.91. The van der Waals surface area contributed by atoms with Crippen molar-refractivity contribution >= 4 is 17.7 Å². The molecule has 16 heavy (non-hydrogen) atoms. The number of carboxylic acids is 1. The number of carboxylic acid groups (broad SMARTS) is 1. The number of rotatable bonds is 3. The van der Waals surface area contributed by atoms with E-state index in [0.29, 0.717) is 6.54 Å². The zero-order valence-electron chi connectivity index (χ0n) is 8.84. The molecule has 0 saturated carbocycles. The van der Waals surface area contributed by atoms with Crippen LogP contribution >= 0.6 is 0 Å². The predicted octanol–water partition coefficient (Wildman–Crippen LogP) is 2.16. The van der Waals surface area contributed by atoms with Crippen LogP contribution in [0.5, 0.6) is 0 Å². The maximum absolute atomic E-state index is 11.1. The van der Waals surface area contributed by atoms with Gasteiger partial charge in [-0.25, -0.2) is 4.79 Å². The molecule has 1 heterocycles. The summed E-state index contributed by atoms with van der Waals surface area (Å²) >= 11 is 0. The Morgan fingerprint density at radius 2 is 2.25 bits per heavy atom. The molecule has 1 aliphatic heterocycles. The number of carbonyl (C=O) groups is 1. The number of nitrogens with zero attached hydrogens (tertiary/aromatic N) is 1. The fraction of sp³-hybridized carbons (Fsp3) is 0.154. The third-order valence-electron chi connectivity index (χ3n) is 2.62. The normalized spacial score (nSPS) is 18.0. The Balaban J connectivity index is 2.45. The highest BCUT2D eigenvalue weighted by molar-refractivity contribution is 5.87. The molecule has 0 amide bonds. The number of benzene rings is 1. The van der Waals surface area contributed by atoms with Crippen molar-refractivity contribution in [1.29, 1.82) is 0 Å². The van der Waals surface area contributed by atoms with Gasteiger partial charge in [0.05, 0.1) is 0 Å². The Morgan fingerprint density at radius 1 is 1.50 bits per heavy atom. The van der Waals surface area contributed by atoms with Crippen LogP contribution in [0, 0.1) is 0 Å². The van der Waals surface area contributed by atoms with Gasteiger partial charge in [0.1, 0.15) is 6.04 Å². The van der Waals surface area contributed by atoms with Gasteiger partial charge in [-0.15, -0.1) is 6.58 Å². The highest BCUT2D eigenvalue weighted by Gasteiger charge is 2.26. The molecule has 0 saturated heterocycles. The molecule has 0 fully saturated rings. The summed E-state index contributed by atoms with van der Waals surface area (Å²) in [7, 11) is 0. The molecule has 0 aliphatic carbocycles. The van der Waals surface area contributed by atoms with Gasteiger partial charge >= 0.3 is 5.97 Å². The first-order chi connectivity index (χ1) is 7.74. The Labute approximate surface area is 94.3 Å². The van der Waals surface area contributed by atoms with E-state index in [1.807, 2.05) is 35.2 Å². The zero-order chi connectivity index (χ0) is 11.5. The lowest BCUT2D eigenvalue weighted by atomic mass is 10.0. The minimum atomic E-state index is -0.840. The zero-order valence-corrected chi connectivity index (χ0v) is 8.84. The second kappa shape index (κ2) is 4.23. The highest BCUT2D eigenvalue weighted by Crippen LogP contribution is 2.28. The molecule has 0 spiro atoms. The molecule has 0 bridgehead atoms. The van der Waals surface area contributed by atoms with Gasteiger partial charge in [-0.2, -0.15) is 0 Å². The van der Waals surface area contributed by atoms with E-state index in [4.69, 9.17) is 5.11 Å². The smallest absolute Gasteiger partial charge is 0.330 e. The quantitative estimate of drug-likeness (QED) is 0.785. The van der Waals surface area contributed by atoms with Crippen LogP contribution in [0.25, 0.3) is 6.08 Å². The minimum absolute atomic E-state index is 0.526. The van der Waals surface area contributed by atoms with Gasteiger partial charge in [0.2, 0.25) is 0 Å². The van der Waals surface area contributed by atoms with E-state index in [1.165, 1.54) is 0 Å². The topological polar surface area (TPSA) is 40.5 Å². The Morgan fingerprint density at radius 3 is 2.94 bits per heavy atom. The van der Waals surface area contributed by atoms with Crippen molar-refractivity contribution in [1.82, 2.24) is 0 Å². The second-order valence-electron chi connectivity index (χ2n) is 3.64. The van der Waals surface area contributed by atoms with Gasteiger partial charge in [0, 0.05) is 12.2 Å². The summed E-state index contributed by atoms with van der Waals surface area (Å²) in [6, 6.07) is 7.15. The second-order valence-corrected chi connectivity index (χ2v) is 3.64. The van der Waals surface area contributed by atoms with Gasteiger partial charge in [-0.3, -0.25) is 0 Å². The maximum atomic E-state index is 11.1. The van der Waals surface area contributed by atoms with E-state index in [1.54, 1.807) is 12.2 Å². The average Bonchev–Trinajstić information content (AvgIpc) is 2.29. The molecule has 1 unspecified atom stereocenters. The van der Waals surface area contributed by atoms with Crippen molar-refractivity contribution < 1.29 is 9.90 Å².